The van der Waals surface area contributed by atoms with E-state index in [1.165, 1.54) is 46.0 Å². The molecule has 3 amide bonds. The van der Waals surface area contributed by atoms with E-state index in [-0.39, 0.29) is 22.6 Å². The molecule has 0 aliphatic carbocycles. The average molecular weight is 466 g/mol. The molecule has 1 aliphatic heterocycles. The van der Waals surface area contributed by atoms with Crippen LogP contribution < -0.4 is 5.43 Å². The van der Waals surface area contributed by atoms with Crippen LogP contribution in [0.15, 0.2) is 46.0 Å². The first kappa shape index (κ1) is 22.9. The highest BCUT2D eigenvalue weighted by Crippen LogP contribution is 2.21. The largest absolute Gasteiger partial charge is 0.448 e. The second-order valence-corrected chi connectivity index (χ2v) is 9.50. The van der Waals surface area contributed by atoms with Gasteiger partial charge in [0.25, 0.3) is 11.8 Å². The number of hydrazine groups is 1. The van der Waals surface area contributed by atoms with Crippen LogP contribution in [-0.4, -0.2) is 55.3 Å². The molecule has 2 aromatic rings. The fraction of sp³-hybridized carbons (Fsp3) is 0.350. The number of imide groups is 1. The van der Waals surface area contributed by atoms with Gasteiger partial charge in [-0.1, -0.05) is 6.42 Å². The van der Waals surface area contributed by atoms with Crippen molar-refractivity contribution < 1.29 is 27.5 Å². The highest BCUT2D eigenvalue weighted by molar-refractivity contribution is 7.89. The van der Waals surface area contributed by atoms with Crippen LogP contribution >= 0.6 is 11.3 Å². The maximum atomic E-state index is 12.7. The Balaban J connectivity index is 1.76. The quantitative estimate of drug-likeness (QED) is 0.680. The van der Waals surface area contributed by atoms with Crippen molar-refractivity contribution in [1.82, 2.24) is 14.7 Å². The van der Waals surface area contributed by atoms with Gasteiger partial charge in [0.2, 0.25) is 10.0 Å². The number of thiophene rings is 1. The van der Waals surface area contributed by atoms with Gasteiger partial charge in [-0.3, -0.25) is 15.0 Å². The number of nitrogens with zero attached hydrogens (tertiary/aromatic N) is 2. The van der Waals surface area contributed by atoms with Gasteiger partial charge in [0.1, 0.15) is 0 Å². The van der Waals surface area contributed by atoms with Gasteiger partial charge in [0, 0.05) is 24.0 Å². The number of rotatable bonds is 5. The zero-order valence-electron chi connectivity index (χ0n) is 16.9. The average Bonchev–Trinajstić information content (AvgIpc) is 3.32. The van der Waals surface area contributed by atoms with Gasteiger partial charge >= 0.3 is 6.09 Å². The first-order valence-electron chi connectivity index (χ1n) is 9.79. The van der Waals surface area contributed by atoms with Crippen molar-refractivity contribution in [2.75, 3.05) is 19.7 Å². The van der Waals surface area contributed by atoms with Crippen LogP contribution in [0.4, 0.5) is 4.79 Å². The minimum atomic E-state index is -3.63. The van der Waals surface area contributed by atoms with Crippen molar-refractivity contribution in [3.05, 3.63) is 52.2 Å². The van der Waals surface area contributed by atoms with Crippen LogP contribution in [0.25, 0.3) is 0 Å². The molecule has 11 heteroatoms. The summed E-state index contributed by atoms with van der Waals surface area (Å²) in [6, 6.07) is 6.88. The summed E-state index contributed by atoms with van der Waals surface area (Å²) in [4.78, 5) is 37.5. The monoisotopic (exact) mass is 465 g/mol. The van der Waals surface area contributed by atoms with E-state index >= 15 is 0 Å². The topological polar surface area (TPSA) is 113 Å². The van der Waals surface area contributed by atoms with E-state index in [2.05, 4.69) is 5.43 Å². The molecule has 1 aromatic heterocycles. The Bertz CT molecular complexity index is 1030. The third-order valence-electron chi connectivity index (χ3n) is 4.70. The molecule has 166 valence electrons. The van der Waals surface area contributed by atoms with Crippen LogP contribution in [0.2, 0.25) is 0 Å². The highest BCUT2D eigenvalue weighted by Gasteiger charge is 2.28. The summed E-state index contributed by atoms with van der Waals surface area (Å²) in [5.74, 6) is -1.49. The first-order valence-corrected chi connectivity index (χ1v) is 12.2. The van der Waals surface area contributed by atoms with Gasteiger partial charge in [-0.25, -0.2) is 13.2 Å². The Labute approximate surface area is 184 Å². The predicted octanol–water partition coefficient (Wildman–Crippen LogP) is 2.87. The minimum Gasteiger partial charge on any atom is -0.448 e. The van der Waals surface area contributed by atoms with Crippen LogP contribution in [-0.2, 0) is 14.8 Å². The molecule has 1 saturated heterocycles. The third kappa shape index (κ3) is 5.30. The van der Waals surface area contributed by atoms with Crippen LogP contribution in [0.1, 0.15) is 46.9 Å². The van der Waals surface area contributed by atoms with E-state index in [4.69, 9.17) is 4.74 Å². The van der Waals surface area contributed by atoms with E-state index in [0.29, 0.717) is 18.1 Å². The number of hydrogen-bond donors (Lipinski definition) is 1. The van der Waals surface area contributed by atoms with Crippen molar-refractivity contribution >= 4 is 39.3 Å². The zero-order chi connectivity index (χ0) is 22.4. The minimum absolute atomic E-state index is 0.0190. The van der Waals surface area contributed by atoms with E-state index in [9.17, 15) is 22.8 Å². The van der Waals surface area contributed by atoms with Crippen LogP contribution in [0.3, 0.4) is 0 Å². The van der Waals surface area contributed by atoms with Gasteiger partial charge in [-0.05, 0) is 55.5 Å². The zero-order valence-corrected chi connectivity index (χ0v) is 18.6. The maximum absolute atomic E-state index is 12.7. The van der Waals surface area contributed by atoms with Crippen molar-refractivity contribution in [2.45, 2.75) is 31.1 Å². The number of ether oxygens (including phenoxy) is 1. The van der Waals surface area contributed by atoms with Crippen LogP contribution in [0.5, 0.6) is 0 Å². The van der Waals surface area contributed by atoms with E-state index in [1.54, 1.807) is 17.7 Å². The Morgan fingerprint density at radius 2 is 1.74 bits per heavy atom. The lowest BCUT2D eigenvalue weighted by molar-refractivity contribution is 0.0506. The fourth-order valence-electron chi connectivity index (χ4n) is 3.08. The molecule has 0 spiro atoms. The molecule has 9 nitrogen and oxygen atoms in total. The summed E-state index contributed by atoms with van der Waals surface area (Å²) in [7, 11) is -3.63. The molecule has 1 N–H and O–H groups in total. The SMILES string of the molecule is CCOC(=O)N(NC(=O)c1ccc(S(=O)(=O)N2CCCCC2)cc1)C(=O)c1ccsc1. The molecular formula is C20H23N3O6S2. The summed E-state index contributed by atoms with van der Waals surface area (Å²) in [6.07, 6.45) is 1.63. The Morgan fingerprint density at radius 1 is 1.06 bits per heavy atom. The maximum Gasteiger partial charge on any atom is 0.436 e. The van der Waals surface area contributed by atoms with Gasteiger partial charge in [0.15, 0.2) is 0 Å². The van der Waals surface area contributed by atoms with Gasteiger partial charge in [0.05, 0.1) is 17.1 Å². The second kappa shape index (κ2) is 10.0. The van der Waals surface area contributed by atoms with Gasteiger partial charge < -0.3 is 4.74 Å². The number of nitrogens with one attached hydrogen (secondary N) is 1. The molecular weight excluding hydrogens is 442 g/mol. The van der Waals surface area contributed by atoms with E-state index in [1.807, 2.05) is 0 Å². The highest BCUT2D eigenvalue weighted by atomic mass is 32.2. The molecule has 1 aromatic carbocycles. The Morgan fingerprint density at radius 3 is 2.32 bits per heavy atom. The molecule has 3 rings (SSSR count). The molecule has 0 unspecified atom stereocenters. The molecule has 0 radical (unpaired) electrons. The van der Waals surface area contributed by atoms with Crippen molar-refractivity contribution in [3.8, 4) is 0 Å². The first-order chi connectivity index (χ1) is 14.8. The molecule has 2 heterocycles. The van der Waals surface area contributed by atoms with Crippen molar-refractivity contribution in [1.29, 1.82) is 0 Å². The molecule has 31 heavy (non-hydrogen) atoms. The van der Waals surface area contributed by atoms with E-state index in [0.717, 1.165) is 19.3 Å². The smallest absolute Gasteiger partial charge is 0.436 e. The number of amides is 3. The lowest BCUT2D eigenvalue weighted by atomic mass is 10.2. The number of sulfonamides is 1. The molecule has 0 saturated carbocycles. The predicted molar refractivity (Wildman–Crippen MR) is 114 cm³/mol. The van der Waals surface area contributed by atoms with Crippen molar-refractivity contribution in [2.24, 2.45) is 0 Å². The summed E-state index contributed by atoms with van der Waals surface area (Å²) in [5, 5.41) is 3.72. The molecule has 0 bridgehead atoms. The Hall–Kier alpha value is -2.76. The lowest BCUT2D eigenvalue weighted by Gasteiger charge is -2.26. The number of carbonyl (C=O) groups excluding carboxylic acids is 3. The molecule has 1 fully saturated rings. The van der Waals surface area contributed by atoms with Gasteiger partial charge in [-0.15, -0.1) is 5.01 Å². The number of carbonyl (C=O) groups is 3. The van der Waals surface area contributed by atoms with Gasteiger partial charge in [-0.2, -0.15) is 15.6 Å². The second-order valence-electron chi connectivity index (χ2n) is 6.78. The number of hydrogen-bond acceptors (Lipinski definition) is 7. The number of benzene rings is 1. The lowest BCUT2D eigenvalue weighted by Crippen LogP contribution is -2.50. The summed E-state index contributed by atoms with van der Waals surface area (Å²) >= 11 is 1.27. The van der Waals surface area contributed by atoms with Crippen molar-refractivity contribution in [3.63, 3.8) is 0 Å². The standard InChI is InChI=1S/C20H23N3O6S2/c1-2-29-20(26)23(19(25)16-10-13-30-14-16)21-18(24)15-6-8-17(9-7-15)31(27,28)22-11-4-3-5-12-22/h6-10,13-14H,2-5,11-12H2,1H3,(H,21,24). The molecule has 0 atom stereocenters. The summed E-state index contributed by atoms with van der Waals surface area (Å²) in [6.45, 7) is 2.55. The Kier molecular flexibility index (Phi) is 7.42. The van der Waals surface area contributed by atoms with E-state index < -0.39 is 27.9 Å². The summed E-state index contributed by atoms with van der Waals surface area (Å²) < 4.78 is 31.8. The summed E-state index contributed by atoms with van der Waals surface area (Å²) in [5.41, 5.74) is 2.55. The number of piperidine rings is 1. The molecule has 1 aliphatic rings. The normalized spacial score (nSPS) is 14.6. The third-order valence-corrected chi connectivity index (χ3v) is 7.30. The fourth-order valence-corrected chi connectivity index (χ4v) is 5.23. The van der Waals surface area contributed by atoms with Crippen LogP contribution in [0, 0.1) is 0 Å².